The largest absolute Gasteiger partial charge is 0.497 e. The van der Waals surface area contributed by atoms with Gasteiger partial charge in [0, 0.05) is 11.9 Å². The number of fused-ring (bicyclic) bond motifs is 1. The number of methoxy groups -OCH3 is 1. The Balaban J connectivity index is 1.81. The molecule has 4 rings (SSSR count). The van der Waals surface area contributed by atoms with E-state index in [0.29, 0.717) is 17.9 Å². The summed E-state index contributed by atoms with van der Waals surface area (Å²) in [4.78, 5) is 28.1. The summed E-state index contributed by atoms with van der Waals surface area (Å²) in [6, 6.07) is 13.5. The Kier molecular flexibility index (Phi) is 7.25. The highest BCUT2D eigenvalue weighted by molar-refractivity contribution is 8.12. The molecule has 1 aliphatic heterocycles. The molecular weight excluding hydrogens is 513 g/mol. The number of nitrogens with zero attached hydrogens (tertiary/aromatic N) is 1. The number of nitrogens with two attached hydrogens (primary N) is 1. The summed E-state index contributed by atoms with van der Waals surface area (Å²) in [5.41, 5.74) is 7.30. The van der Waals surface area contributed by atoms with Crippen LogP contribution >= 0.6 is 10.8 Å². The molecule has 0 radical (unpaired) electrons. The molecule has 0 fully saturated rings. The molecule has 9 nitrogen and oxygen atoms in total. The lowest BCUT2D eigenvalue weighted by Crippen LogP contribution is -2.25. The number of carbonyl (C=O) groups excluding carboxylic acids is 2. The van der Waals surface area contributed by atoms with E-state index in [2.05, 4.69) is 15.6 Å². The third kappa shape index (κ3) is 5.45. The molecule has 0 aliphatic carbocycles. The Morgan fingerprint density at radius 1 is 1.11 bits per heavy atom. The normalized spacial score (nSPS) is 14.4. The number of rotatable bonds is 7. The first-order chi connectivity index (χ1) is 17.6. The lowest BCUT2D eigenvalue weighted by atomic mass is 10.1. The number of alkyl halides is 3. The van der Waals surface area contributed by atoms with Crippen molar-refractivity contribution in [2.75, 3.05) is 17.7 Å². The van der Waals surface area contributed by atoms with Crippen molar-refractivity contribution in [3.05, 3.63) is 65.9 Å². The first kappa shape index (κ1) is 25.8. The van der Waals surface area contributed by atoms with Gasteiger partial charge in [0.25, 0.3) is 11.1 Å². The molecular formula is C24H21F3N4O5S. The molecule has 13 heteroatoms. The van der Waals surface area contributed by atoms with Gasteiger partial charge in [-0.3, -0.25) is 4.79 Å². The molecule has 0 spiro atoms. The number of hydrogen-bond acceptors (Lipinski definition) is 8. The fourth-order valence-corrected chi connectivity index (χ4v) is 4.83. The number of para-hydroxylation sites is 1. The molecule has 4 N–H and O–H groups in total. The number of halogens is 3. The lowest BCUT2D eigenvalue weighted by Gasteiger charge is -2.17. The van der Waals surface area contributed by atoms with E-state index in [9.17, 15) is 22.8 Å². The Morgan fingerprint density at radius 3 is 2.41 bits per heavy atom. The van der Waals surface area contributed by atoms with Crippen molar-refractivity contribution in [3.8, 4) is 11.5 Å². The zero-order valence-corrected chi connectivity index (χ0v) is 20.3. The molecule has 194 valence electrons. The smallest absolute Gasteiger partial charge is 0.492 e. The highest BCUT2D eigenvalue weighted by atomic mass is 32.2. The van der Waals surface area contributed by atoms with E-state index in [-0.39, 0.29) is 32.9 Å². The Morgan fingerprint density at radius 2 is 1.78 bits per heavy atom. The van der Waals surface area contributed by atoms with Crippen LogP contribution in [-0.2, 0) is 15.4 Å². The van der Waals surface area contributed by atoms with E-state index in [4.69, 9.17) is 19.4 Å². The maximum Gasteiger partial charge on any atom is 0.492 e. The highest BCUT2D eigenvalue weighted by Gasteiger charge is 2.44. The molecule has 1 amide bonds. The van der Waals surface area contributed by atoms with Gasteiger partial charge in [0.15, 0.2) is 5.03 Å². The molecule has 0 saturated heterocycles. The average molecular weight is 535 g/mol. The summed E-state index contributed by atoms with van der Waals surface area (Å²) < 4.78 is 54.9. The molecule has 1 unspecified atom stereocenters. The van der Waals surface area contributed by atoms with Crippen molar-refractivity contribution >= 4 is 44.9 Å². The van der Waals surface area contributed by atoms with Crippen LogP contribution in [0, 0.1) is 0 Å². The first-order valence-corrected chi connectivity index (χ1v) is 11.9. The quantitative estimate of drug-likeness (QED) is 0.372. The summed E-state index contributed by atoms with van der Waals surface area (Å²) in [5.74, 6) is -2.51. The van der Waals surface area contributed by atoms with E-state index >= 15 is 0 Å². The number of aromatic nitrogens is 1. The molecule has 37 heavy (non-hydrogen) atoms. The van der Waals surface area contributed by atoms with E-state index in [1.807, 2.05) is 19.1 Å². The van der Waals surface area contributed by atoms with Crippen LogP contribution in [0.2, 0.25) is 0 Å². The number of primary amides is 1. The number of hydrogen-bond donors (Lipinski definition) is 3. The Hall–Kier alpha value is -4.26. The summed E-state index contributed by atoms with van der Waals surface area (Å²) in [7, 11) is -0.569. The minimum atomic E-state index is -5.25. The second-order valence-electron chi connectivity index (χ2n) is 7.55. The fourth-order valence-electron chi connectivity index (χ4n) is 3.40. The standard InChI is InChI=1S/C24H21F3N4O5S/c1-3-13-6-4-5-7-17(13)30-18-16(20(28)32)12-29-21-19(18)31-23(37(21)36-22(33)24(25,26)27)35-15-10-8-14(34-2)9-11-15/h4-12,31H,3H2,1-2H3,(H2,28,32)(H,29,30). The molecule has 3 aromatic rings. The predicted octanol–water partition coefficient (Wildman–Crippen LogP) is 4.74. The van der Waals surface area contributed by atoms with Crippen molar-refractivity contribution < 1.29 is 36.4 Å². The Bertz CT molecular complexity index is 1390. The highest BCUT2D eigenvalue weighted by Crippen LogP contribution is 2.46. The monoisotopic (exact) mass is 534 g/mol. The Labute approximate surface area is 211 Å². The molecule has 2 heterocycles. The van der Waals surface area contributed by atoms with Crippen LogP contribution in [-0.4, -0.2) is 35.3 Å². The number of pyridine rings is 1. The van der Waals surface area contributed by atoms with Crippen LogP contribution in [0.3, 0.4) is 0 Å². The number of amides is 1. The zero-order valence-electron chi connectivity index (χ0n) is 19.5. The van der Waals surface area contributed by atoms with Crippen molar-refractivity contribution in [3.63, 3.8) is 0 Å². The minimum absolute atomic E-state index is 0.0337. The molecule has 2 aromatic carbocycles. The van der Waals surface area contributed by atoms with Gasteiger partial charge >= 0.3 is 12.1 Å². The fraction of sp³-hybridized carbons (Fsp3) is 0.167. The second kappa shape index (κ2) is 10.4. The molecule has 1 aromatic heterocycles. The van der Waals surface area contributed by atoms with Gasteiger partial charge in [-0.15, -0.1) is 0 Å². The SMILES string of the molecule is CCc1ccccc1Nc1c(C(N)=O)cnc2c1NC(Oc1ccc(OC)cc1)=S2OC(=O)C(F)(F)F. The molecule has 0 saturated carbocycles. The third-order valence-electron chi connectivity index (χ3n) is 5.20. The number of carbonyl (C=O) groups is 2. The van der Waals surface area contributed by atoms with Gasteiger partial charge in [-0.2, -0.15) is 13.2 Å². The molecule has 0 bridgehead atoms. The van der Waals surface area contributed by atoms with Gasteiger partial charge in [0.05, 0.1) is 18.4 Å². The van der Waals surface area contributed by atoms with E-state index in [0.717, 1.165) is 11.8 Å². The molecule has 1 atom stereocenters. The number of anilines is 3. The minimum Gasteiger partial charge on any atom is -0.497 e. The number of ether oxygens (including phenoxy) is 2. The lowest BCUT2D eigenvalue weighted by molar-refractivity contribution is -0.188. The van der Waals surface area contributed by atoms with Crippen molar-refractivity contribution in [1.82, 2.24) is 4.98 Å². The summed E-state index contributed by atoms with van der Waals surface area (Å²) in [6.07, 6.45) is -3.49. The van der Waals surface area contributed by atoms with Crippen LogP contribution in [0.5, 0.6) is 11.5 Å². The average Bonchev–Trinajstić information content (AvgIpc) is 3.21. The first-order valence-electron chi connectivity index (χ1n) is 10.8. The third-order valence-corrected chi connectivity index (χ3v) is 6.70. The van der Waals surface area contributed by atoms with Gasteiger partial charge in [-0.1, -0.05) is 25.1 Å². The van der Waals surface area contributed by atoms with Crippen LogP contribution in [0.25, 0.3) is 0 Å². The van der Waals surface area contributed by atoms with Crippen molar-refractivity contribution in [2.24, 2.45) is 5.73 Å². The van der Waals surface area contributed by atoms with E-state index < -0.39 is 28.8 Å². The second-order valence-corrected chi connectivity index (χ2v) is 9.02. The van der Waals surface area contributed by atoms with Gasteiger partial charge < -0.3 is 30.0 Å². The molecule has 1 aliphatic rings. The van der Waals surface area contributed by atoms with Gasteiger partial charge in [0.2, 0.25) is 0 Å². The maximum absolute atomic E-state index is 13.1. The predicted molar refractivity (Wildman–Crippen MR) is 132 cm³/mol. The number of nitrogens with one attached hydrogen (secondary N) is 2. The number of aryl methyl sites for hydroxylation is 1. The van der Waals surface area contributed by atoms with Crippen LogP contribution in [0.4, 0.5) is 30.2 Å². The van der Waals surface area contributed by atoms with Crippen LogP contribution in [0.15, 0.2) is 59.8 Å². The van der Waals surface area contributed by atoms with Gasteiger partial charge in [0.1, 0.15) is 28.0 Å². The van der Waals surface area contributed by atoms with E-state index in [1.54, 1.807) is 24.3 Å². The maximum atomic E-state index is 13.1. The van der Waals surface area contributed by atoms with Gasteiger partial charge in [-0.25, -0.2) is 9.78 Å². The zero-order chi connectivity index (χ0) is 26.7. The van der Waals surface area contributed by atoms with Crippen molar-refractivity contribution in [1.29, 1.82) is 0 Å². The van der Waals surface area contributed by atoms with Crippen LogP contribution in [0.1, 0.15) is 22.8 Å². The van der Waals surface area contributed by atoms with E-state index in [1.165, 1.54) is 19.2 Å². The topological polar surface area (TPSA) is 125 Å². The summed E-state index contributed by atoms with van der Waals surface area (Å²) in [6.45, 7) is 1.94. The van der Waals surface area contributed by atoms with Crippen LogP contribution < -0.4 is 25.8 Å². The summed E-state index contributed by atoms with van der Waals surface area (Å²) >= 11 is 0. The summed E-state index contributed by atoms with van der Waals surface area (Å²) in [5, 5.41) is 5.65. The number of benzene rings is 2. The van der Waals surface area contributed by atoms with Crippen molar-refractivity contribution in [2.45, 2.75) is 24.5 Å². The van der Waals surface area contributed by atoms with Gasteiger partial charge in [-0.05, 0) is 42.3 Å².